The molecule has 1 saturated heterocycles. The van der Waals surface area contributed by atoms with Gasteiger partial charge in [-0.15, -0.1) is 0 Å². The summed E-state index contributed by atoms with van der Waals surface area (Å²) in [5, 5.41) is 3.02. The van der Waals surface area contributed by atoms with Gasteiger partial charge in [-0.2, -0.15) is 0 Å². The number of carbonyl (C=O) groups excluding carboxylic acids is 2. The number of nitrogens with one attached hydrogen (secondary N) is 1. The molecule has 2 aliphatic rings. The highest BCUT2D eigenvalue weighted by Gasteiger charge is 2.36. The van der Waals surface area contributed by atoms with Crippen LogP contribution in [0.25, 0.3) is 0 Å². The second-order valence-corrected chi connectivity index (χ2v) is 9.99. The molecule has 3 rings (SSSR count). The standard InChI is InChI=1S/C25H39N3O5/c1-25(2,3)33-24(30)28-15-14-27(16-22(28)18-31-4)21-12-10-20(11-13-21)26-23(29)32-17-19-8-6-5-7-9-19/h5-9,20-22H,10-18H2,1-4H3,(H,26,29)/t20?,21?,22-/m1/s1. The van der Waals surface area contributed by atoms with Crippen LogP contribution >= 0.6 is 0 Å². The number of hydrogen-bond donors (Lipinski definition) is 1. The van der Waals surface area contributed by atoms with Crippen LogP contribution in [0, 0.1) is 0 Å². The zero-order chi connectivity index (χ0) is 23.8. The maximum atomic E-state index is 12.6. The summed E-state index contributed by atoms with van der Waals surface area (Å²) in [7, 11) is 1.67. The zero-order valence-electron chi connectivity index (χ0n) is 20.4. The predicted octanol–water partition coefficient (Wildman–Crippen LogP) is 3.79. The van der Waals surface area contributed by atoms with E-state index in [1.165, 1.54) is 0 Å². The lowest BCUT2D eigenvalue weighted by molar-refractivity contribution is -0.0264. The molecule has 1 saturated carbocycles. The Bertz CT molecular complexity index is 759. The predicted molar refractivity (Wildman–Crippen MR) is 126 cm³/mol. The first-order valence-corrected chi connectivity index (χ1v) is 11.9. The Morgan fingerprint density at radius 3 is 2.39 bits per heavy atom. The molecule has 1 heterocycles. The third-order valence-electron chi connectivity index (χ3n) is 6.25. The van der Waals surface area contributed by atoms with Gasteiger partial charge in [-0.3, -0.25) is 4.90 Å². The molecule has 2 fully saturated rings. The maximum Gasteiger partial charge on any atom is 0.410 e. The molecule has 0 spiro atoms. The molecule has 1 aliphatic carbocycles. The number of methoxy groups -OCH3 is 1. The molecule has 2 amide bonds. The number of ether oxygens (including phenoxy) is 3. The van der Waals surface area contributed by atoms with Gasteiger partial charge in [0.1, 0.15) is 12.2 Å². The number of piperazine rings is 1. The Balaban J connectivity index is 1.43. The fourth-order valence-corrected chi connectivity index (χ4v) is 4.62. The molecule has 0 aromatic heterocycles. The highest BCUT2D eigenvalue weighted by Crippen LogP contribution is 2.26. The number of carbonyl (C=O) groups is 2. The zero-order valence-corrected chi connectivity index (χ0v) is 20.4. The summed E-state index contributed by atoms with van der Waals surface area (Å²) < 4.78 is 16.4. The molecule has 1 aromatic carbocycles. The van der Waals surface area contributed by atoms with Crippen LogP contribution in [0.5, 0.6) is 0 Å². The number of nitrogens with zero attached hydrogens (tertiary/aromatic N) is 2. The Hall–Kier alpha value is -2.32. The summed E-state index contributed by atoms with van der Waals surface area (Å²) in [6, 6.07) is 10.3. The van der Waals surface area contributed by atoms with Gasteiger partial charge in [0, 0.05) is 38.8 Å². The van der Waals surface area contributed by atoms with E-state index in [0.29, 0.717) is 19.2 Å². The average Bonchev–Trinajstić information content (AvgIpc) is 2.78. The minimum atomic E-state index is -0.514. The Kier molecular flexibility index (Phi) is 8.97. The quantitative estimate of drug-likeness (QED) is 0.694. The topological polar surface area (TPSA) is 80.3 Å². The van der Waals surface area contributed by atoms with E-state index < -0.39 is 5.60 Å². The minimum Gasteiger partial charge on any atom is -0.445 e. The van der Waals surface area contributed by atoms with E-state index in [4.69, 9.17) is 14.2 Å². The van der Waals surface area contributed by atoms with Gasteiger partial charge >= 0.3 is 12.2 Å². The molecule has 8 heteroatoms. The van der Waals surface area contributed by atoms with Crippen molar-refractivity contribution in [1.29, 1.82) is 0 Å². The lowest BCUT2D eigenvalue weighted by Crippen LogP contribution is -2.60. The van der Waals surface area contributed by atoms with E-state index in [2.05, 4.69) is 10.2 Å². The molecule has 1 atom stereocenters. The van der Waals surface area contributed by atoms with E-state index in [0.717, 1.165) is 44.3 Å². The first kappa shape index (κ1) is 25.3. The molecule has 8 nitrogen and oxygen atoms in total. The van der Waals surface area contributed by atoms with Crippen molar-refractivity contribution in [3.05, 3.63) is 35.9 Å². The maximum absolute atomic E-state index is 12.6. The molecule has 184 valence electrons. The van der Waals surface area contributed by atoms with Crippen LogP contribution in [0.3, 0.4) is 0 Å². The van der Waals surface area contributed by atoms with Crippen molar-refractivity contribution in [2.45, 2.75) is 76.8 Å². The summed E-state index contributed by atoms with van der Waals surface area (Å²) in [5.74, 6) is 0. The number of benzene rings is 1. The lowest BCUT2D eigenvalue weighted by atomic mass is 9.89. The second kappa shape index (κ2) is 11.7. The number of amides is 2. The van der Waals surface area contributed by atoms with Crippen LogP contribution < -0.4 is 5.32 Å². The van der Waals surface area contributed by atoms with Crippen molar-refractivity contribution in [1.82, 2.24) is 15.1 Å². The molecule has 0 radical (unpaired) electrons. The van der Waals surface area contributed by atoms with E-state index in [9.17, 15) is 9.59 Å². The molecule has 1 aliphatic heterocycles. The van der Waals surface area contributed by atoms with Crippen LogP contribution in [0.4, 0.5) is 9.59 Å². The fraction of sp³-hybridized carbons (Fsp3) is 0.680. The van der Waals surface area contributed by atoms with E-state index in [1.807, 2.05) is 51.1 Å². The van der Waals surface area contributed by atoms with E-state index in [1.54, 1.807) is 12.0 Å². The monoisotopic (exact) mass is 461 g/mol. The van der Waals surface area contributed by atoms with Gasteiger partial charge in [-0.25, -0.2) is 9.59 Å². The molecule has 33 heavy (non-hydrogen) atoms. The molecular formula is C25H39N3O5. The van der Waals surface area contributed by atoms with Crippen LogP contribution in [-0.4, -0.2) is 79.1 Å². The molecular weight excluding hydrogens is 422 g/mol. The summed E-state index contributed by atoms with van der Waals surface area (Å²) in [4.78, 5) is 29.1. The van der Waals surface area contributed by atoms with Gasteiger partial charge in [-0.1, -0.05) is 30.3 Å². The number of rotatable bonds is 6. The SMILES string of the molecule is COC[C@H]1CN(C2CCC(NC(=O)OCc3ccccc3)CC2)CCN1C(=O)OC(C)(C)C. The van der Waals surface area contributed by atoms with Crippen molar-refractivity contribution in [3.63, 3.8) is 0 Å². The van der Waals surface area contributed by atoms with Crippen LogP contribution in [0.1, 0.15) is 52.0 Å². The minimum absolute atomic E-state index is 0.0255. The summed E-state index contributed by atoms with van der Waals surface area (Å²) in [5.41, 5.74) is 0.465. The summed E-state index contributed by atoms with van der Waals surface area (Å²) in [6.07, 6.45) is 3.24. The molecule has 1 N–H and O–H groups in total. The first-order valence-electron chi connectivity index (χ1n) is 11.9. The highest BCUT2D eigenvalue weighted by atomic mass is 16.6. The molecule has 1 aromatic rings. The van der Waals surface area contributed by atoms with Gasteiger partial charge in [-0.05, 0) is 52.0 Å². The summed E-state index contributed by atoms with van der Waals surface area (Å²) in [6.45, 7) is 8.65. The Morgan fingerprint density at radius 1 is 1.06 bits per heavy atom. The smallest absolute Gasteiger partial charge is 0.410 e. The van der Waals surface area contributed by atoms with Crippen molar-refractivity contribution < 1.29 is 23.8 Å². The van der Waals surface area contributed by atoms with Crippen molar-refractivity contribution in [2.75, 3.05) is 33.4 Å². The number of alkyl carbamates (subject to hydrolysis) is 1. The van der Waals surface area contributed by atoms with Gasteiger partial charge < -0.3 is 24.4 Å². The average molecular weight is 462 g/mol. The fourth-order valence-electron chi connectivity index (χ4n) is 4.62. The van der Waals surface area contributed by atoms with Crippen molar-refractivity contribution in [2.24, 2.45) is 0 Å². The Labute approximate surface area is 197 Å². The van der Waals surface area contributed by atoms with Crippen molar-refractivity contribution in [3.8, 4) is 0 Å². The molecule has 0 unspecified atom stereocenters. The molecule has 0 bridgehead atoms. The van der Waals surface area contributed by atoms with E-state index >= 15 is 0 Å². The number of hydrogen-bond acceptors (Lipinski definition) is 6. The van der Waals surface area contributed by atoms with Gasteiger partial charge in [0.15, 0.2) is 0 Å². The Morgan fingerprint density at radius 2 is 1.76 bits per heavy atom. The largest absolute Gasteiger partial charge is 0.445 e. The highest BCUT2D eigenvalue weighted by molar-refractivity contribution is 5.69. The van der Waals surface area contributed by atoms with Crippen LogP contribution in [0.2, 0.25) is 0 Å². The van der Waals surface area contributed by atoms with Crippen LogP contribution in [0.15, 0.2) is 30.3 Å². The van der Waals surface area contributed by atoms with Crippen LogP contribution in [-0.2, 0) is 20.8 Å². The van der Waals surface area contributed by atoms with Gasteiger partial charge in [0.2, 0.25) is 0 Å². The van der Waals surface area contributed by atoms with Gasteiger partial charge in [0.05, 0.1) is 12.6 Å². The first-order chi connectivity index (χ1) is 15.7. The lowest BCUT2D eigenvalue weighted by Gasteiger charge is -2.45. The van der Waals surface area contributed by atoms with Gasteiger partial charge in [0.25, 0.3) is 0 Å². The normalized spacial score (nSPS) is 24.2. The van der Waals surface area contributed by atoms with Crippen molar-refractivity contribution >= 4 is 12.2 Å². The van der Waals surface area contributed by atoms with E-state index in [-0.39, 0.29) is 30.9 Å². The summed E-state index contributed by atoms with van der Waals surface area (Å²) >= 11 is 0. The third kappa shape index (κ3) is 7.89. The second-order valence-electron chi connectivity index (χ2n) is 9.99. The third-order valence-corrected chi connectivity index (χ3v) is 6.25.